The van der Waals surface area contributed by atoms with Gasteiger partial charge in [-0.05, 0) is 51.8 Å². The van der Waals surface area contributed by atoms with Crippen LogP contribution in [0.4, 0.5) is 5.69 Å². The van der Waals surface area contributed by atoms with Crippen molar-refractivity contribution in [1.29, 1.82) is 5.26 Å². The molecule has 2 aromatic carbocycles. The lowest BCUT2D eigenvalue weighted by molar-refractivity contribution is -0.384. The van der Waals surface area contributed by atoms with E-state index in [0.717, 1.165) is 4.47 Å². The zero-order valence-electron chi connectivity index (χ0n) is 12.9. The van der Waals surface area contributed by atoms with Gasteiger partial charge in [0.1, 0.15) is 11.5 Å². The van der Waals surface area contributed by atoms with Crippen molar-refractivity contribution < 1.29 is 14.4 Å². The van der Waals surface area contributed by atoms with E-state index >= 15 is 0 Å². The van der Waals surface area contributed by atoms with Crippen molar-refractivity contribution in [2.24, 2.45) is 0 Å². The van der Waals surface area contributed by atoms with Gasteiger partial charge in [0.2, 0.25) is 0 Å². The number of methoxy groups -OCH3 is 2. The highest BCUT2D eigenvalue weighted by molar-refractivity contribution is 9.10. The van der Waals surface area contributed by atoms with E-state index < -0.39 is 4.92 Å². The molecule has 0 radical (unpaired) electrons. The fourth-order valence-corrected chi connectivity index (χ4v) is 2.58. The predicted molar refractivity (Wildman–Crippen MR) is 93.8 cm³/mol. The second kappa shape index (κ2) is 7.62. The summed E-state index contributed by atoms with van der Waals surface area (Å²) < 4.78 is 11.3. The topological polar surface area (TPSA) is 85.4 Å². The molecule has 122 valence electrons. The molecule has 0 spiro atoms. The first kappa shape index (κ1) is 17.5. The Morgan fingerprint density at radius 2 is 1.83 bits per heavy atom. The summed E-state index contributed by atoms with van der Waals surface area (Å²) in [6, 6.07) is 11.4. The average Bonchev–Trinajstić information content (AvgIpc) is 2.60. The number of nitrogens with zero attached hydrogens (tertiary/aromatic N) is 2. The van der Waals surface area contributed by atoms with Gasteiger partial charge < -0.3 is 9.47 Å². The van der Waals surface area contributed by atoms with E-state index in [9.17, 15) is 15.4 Å². The van der Waals surface area contributed by atoms with E-state index in [0.29, 0.717) is 28.2 Å². The van der Waals surface area contributed by atoms with Crippen LogP contribution >= 0.6 is 15.9 Å². The number of hydrogen-bond donors (Lipinski definition) is 0. The summed E-state index contributed by atoms with van der Waals surface area (Å²) in [5.74, 6) is 1.17. The molecule has 0 unspecified atom stereocenters. The van der Waals surface area contributed by atoms with E-state index in [2.05, 4.69) is 22.0 Å². The molecular formula is C17H13BrN2O4. The second-order valence-electron chi connectivity index (χ2n) is 4.70. The summed E-state index contributed by atoms with van der Waals surface area (Å²) in [6.07, 6.45) is 1.65. The number of nitriles is 1. The third kappa shape index (κ3) is 3.73. The van der Waals surface area contributed by atoms with Crippen LogP contribution < -0.4 is 9.47 Å². The molecular weight excluding hydrogens is 376 g/mol. The normalized spacial score (nSPS) is 10.8. The van der Waals surface area contributed by atoms with Crippen LogP contribution in [0.25, 0.3) is 11.6 Å². The minimum absolute atomic E-state index is 0.0288. The Hall–Kier alpha value is -2.85. The lowest BCUT2D eigenvalue weighted by Gasteiger charge is -2.10. The van der Waals surface area contributed by atoms with Crippen molar-refractivity contribution in [2.45, 2.75) is 0 Å². The van der Waals surface area contributed by atoms with Crippen LogP contribution in [0.15, 0.2) is 40.9 Å². The summed E-state index contributed by atoms with van der Waals surface area (Å²) in [5.41, 5.74) is 1.56. The highest BCUT2D eigenvalue weighted by Gasteiger charge is 2.11. The molecule has 0 N–H and O–H groups in total. The van der Waals surface area contributed by atoms with Gasteiger partial charge in [-0.3, -0.25) is 10.1 Å². The number of allylic oxidation sites excluding steroid dienone is 1. The zero-order valence-corrected chi connectivity index (χ0v) is 14.5. The monoisotopic (exact) mass is 388 g/mol. The highest BCUT2D eigenvalue weighted by atomic mass is 79.9. The summed E-state index contributed by atoms with van der Waals surface area (Å²) in [6.45, 7) is 0. The van der Waals surface area contributed by atoms with Crippen molar-refractivity contribution >= 4 is 33.3 Å². The van der Waals surface area contributed by atoms with Gasteiger partial charge in [-0.15, -0.1) is 0 Å². The van der Waals surface area contributed by atoms with E-state index in [1.165, 1.54) is 31.4 Å². The van der Waals surface area contributed by atoms with Gasteiger partial charge >= 0.3 is 0 Å². The van der Waals surface area contributed by atoms with E-state index in [1.54, 1.807) is 25.3 Å². The van der Waals surface area contributed by atoms with Gasteiger partial charge in [0, 0.05) is 17.7 Å². The van der Waals surface area contributed by atoms with Gasteiger partial charge in [0.25, 0.3) is 5.69 Å². The number of nitro groups is 1. The molecule has 0 aliphatic heterocycles. The van der Waals surface area contributed by atoms with Crippen LogP contribution in [-0.4, -0.2) is 19.1 Å². The molecule has 24 heavy (non-hydrogen) atoms. The molecule has 2 aromatic rings. The minimum Gasteiger partial charge on any atom is -0.496 e. The van der Waals surface area contributed by atoms with Gasteiger partial charge in [-0.2, -0.15) is 5.26 Å². The fourth-order valence-electron chi connectivity index (χ4n) is 2.10. The third-order valence-corrected chi connectivity index (χ3v) is 3.93. The Labute approximate surface area is 147 Å². The number of hydrogen-bond acceptors (Lipinski definition) is 5. The zero-order chi connectivity index (χ0) is 17.7. The molecule has 7 heteroatoms. The molecule has 0 fully saturated rings. The van der Waals surface area contributed by atoms with Crippen LogP contribution in [0.3, 0.4) is 0 Å². The van der Waals surface area contributed by atoms with Crippen LogP contribution in [0, 0.1) is 21.4 Å². The molecule has 2 rings (SSSR count). The Morgan fingerprint density at radius 3 is 2.33 bits per heavy atom. The first-order valence-electron chi connectivity index (χ1n) is 6.78. The maximum Gasteiger partial charge on any atom is 0.269 e. The van der Waals surface area contributed by atoms with Crippen molar-refractivity contribution in [3.63, 3.8) is 0 Å². The molecule has 0 heterocycles. The number of benzene rings is 2. The molecule has 0 aliphatic carbocycles. The summed E-state index contributed by atoms with van der Waals surface area (Å²) >= 11 is 3.38. The molecule has 6 nitrogen and oxygen atoms in total. The van der Waals surface area contributed by atoms with E-state index in [-0.39, 0.29) is 5.69 Å². The fraction of sp³-hybridized carbons (Fsp3) is 0.118. The number of ether oxygens (including phenoxy) is 2. The standard InChI is InChI=1S/C17H13BrN2O4/c1-23-16-9-15(18)17(24-2)8-12(16)7-13(10-19)11-3-5-14(6-4-11)20(21)22/h3-9H,1-2H3/b13-7-. The highest BCUT2D eigenvalue weighted by Crippen LogP contribution is 2.34. The summed E-state index contributed by atoms with van der Waals surface area (Å²) in [7, 11) is 3.07. The van der Waals surface area contributed by atoms with Gasteiger partial charge in [0.15, 0.2) is 0 Å². The Morgan fingerprint density at radius 1 is 1.21 bits per heavy atom. The molecule has 0 saturated carbocycles. The molecule has 0 atom stereocenters. The lowest BCUT2D eigenvalue weighted by atomic mass is 10.0. The van der Waals surface area contributed by atoms with E-state index in [1.807, 2.05) is 0 Å². The molecule has 0 amide bonds. The Kier molecular flexibility index (Phi) is 5.55. The number of halogens is 1. The second-order valence-corrected chi connectivity index (χ2v) is 5.56. The molecule has 0 aromatic heterocycles. The minimum atomic E-state index is -0.484. The van der Waals surface area contributed by atoms with Crippen LogP contribution in [0.2, 0.25) is 0 Å². The number of rotatable bonds is 5. The maximum absolute atomic E-state index is 10.7. The summed E-state index contributed by atoms with van der Waals surface area (Å²) in [5, 5.41) is 20.2. The smallest absolute Gasteiger partial charge is 0.269 e. The van der Waals surface area contributed by atoms with Crippen molar-refractivity contribution in [3.05, 3.63) is 62.1 Å². The Balaban J connectivity index is 2.51. The van der Waals surface area contributed by atoms with Crippen molar-refractivity contribution in [2.75, 3.05) is 14.2 Å². The van der Waals surface area contributed by atoms with Crippen molar-refractivity contribution in [1.82, 2.24) is 0 Å². The SMILES string of the molecule is COc1cc(/C=C(/C#N)c2ccc([N+](=O)[O-])cc2)c(OC)cc1Br. The lowest BCUT2D eigenvalue weighted by Crippen LogP contribution is -1.92. The van der Waals surface area contributed by atoms with E-state index in [4.69, 9.17) is 9.47 Å². The summed E-state index contributed by atoms with van der Waals surface area (Å²) in [4.78, 5) is 10.2. The van der Waals surface area contributed by atoms with Crippen LogP contribution in [0.1, 0.15) is 11.1 Å². The van der Waals surface area contributed by atoms with Gasteiger partial charge in [0.05, 0.1) is 35.3 Å². The van der Waals surface area contributed by atoms with Crippen molar-refractivity contribution in [3.8, 4) is 17.6 Å². The average molecular weight is 389 g/mol. The predicted octanol–water partition coefficient (Wildman–Crippen LogP) is 4.44. The van der Waals surface area contributed by atoms with Crippen LogP contribution in [0.5, 0.6) is 11.5 Å². The molecule has 0 bridgehead atoms. The Bertz CT molecular complexity index is 839. The first-order chi connectivity index (χ1) is 11.5. The molecule has 0 aliphatic rings. The number of non-ortho nitro benzene ring substituents is 1. The maximum atomic E-state index is 10.7. The quantitative estimate of drug-likeness (QED) is 0.327. The third-order valence-electron chi connectivity index (χ3n) is 3.31. The first-order valence-corrected chi connectivity index (χ1v) is 7.57. The number of nitro benzene ring substituents is 1. The van der Waals surface area contributed by atoms with Gasteiger partial charge in [-0.1, -0.05) is 0 Å². The molecule has 0 saturated heterocycles. The van der Waals surface area contributed by atoms with Gasteiger partial charge in [-0.25, -0.2) is 0 Å². The van der Waals surface area contributed by atoms with Crippen LogP contribution in [-0.2, 0) is 0 Å². The largest absolute Gasteiger partial charge is 0.496 e.